The highest BCUT2D eigenvalue weighted by atomic mass is 35.5. The molecule has 6 heteroatoms. The Morgan fingerprint density at radius 1 is 1.26 bits per heavy atom. The molecule has 19 heavy (non-hydrogen) atoms. The van der Waals surface area contributed by atoms with Crippen LogP contribution < -0.4 is 10.6 Å². The van der Waals surface area contributed by atoms with Crippen LogP contribution in [-0.2, 0) is 14.3 Å². The number of para-hydroxylation sites is 1. The van der Waals surface area contributed by atoms with Crippen molar-refractivity contribution >= 4 is 30.0 Å². The summed E-state index contributed by atoms with van der Waals surface area (Å²) in [6.07, 6.45) is 0.504. The van der Waals surface area contributed by atoms with E-state index in [1.165, 1.54) is 7.11 Å². The number of nitrogens with one attached hydrogen (secondary N) is 2. The van der Waals surface area contributed by atoms with Crippen LogP contribution in [0.15, 0.2) is 30.3 Å². The summed E-state index contributed by atoms with van der Waals surface area (Å²) in [4.78, 5) is 22.9. The number of rotatable bonds is 6. The fourth-order valence-corrected chi connectivity index (χ4v) is 1.45. The zero-order valence-electron chi connectivity index (χ0n) is 11.0. The average molecular weight is 287 g/mol. The van der Waals surface area contributed by atoms with Crippen molar-refractivity contribution in [1.82, 2.24) is 5.32 Å². The molecular weight excluding hydrogens is 268 g/mol. The van der Waals surface area contributed by atoms with Gasteiger partial charge >= 0.3 is 5.97 Å². The number of halogens is 1. The van der Waals surface area contributed by atoms with Gasteiger partial charge in [-0.25, -0.2) is 4.79 Å². The minimum Gasteiger partial charge on any atom is -0.467 e. The van der Waals surface area contributed by atoms with Gasteiger partial charge in [0.15, 0.2) is 0 Å². The Labute approximate surface area is 119 Å². The topological polar surface area (TPSA) is 67.4 Å². The maximum Gasteiger partial charge on any atom is 0.328 e. The number of esters is 1. The van der Waals surface area contributed by atoms with Crippen LogP contribution in [0.25, 0.3) is 0 Å². The molecule has 0 spiro atoms. The van der Waals surface area contributed by atoms with Gasteiger partial charge in [0.1, 0.15) is 6.04 Å². The average Bonchev–Trinajstić information content (AvgIpc) is 2.42. The molecular formula is C13H19ClN2O3. The molecule has 0 heterocycles. The van der Waals surface area contributed by atoms with Crippen molar-refractivity contribution < 1.29 is 14.3 Å². The number of carbonyl (C=O) groups is 2. The molecule has 0 aliphatic rings. The molecule has 0 aliphatic heterocycles. The molecule has 0 aliphatic carbocycles. The molecule has 1 amide bonds. The summed E-state index contributed by atoms with van der Waals surface area (Å²) in [5, 5.41) is 5.58. The molecule has 1 rings (SSSR count). The van der Waals surface area contributed by atoms with Gasteiger partial charge in [0, 0.05) is 5.69 Å². The van der Waals surface area contributed by atoms with Gasteiger partial charge < -0.3 is 15.4 Å². The van der Waals surface area contributed by atoms with Gasteiger partial charge in [-0.2, -0.15) is 0 Å². The molecule has 1 atom stereocenters. The third-order valence-electron chi connectivity index (χ3n) is 2.46. The molecule has 1 unspecified atom stereocenters. The van der Waals surface area contributed by atoms with Crippen LogP contribution in [0, 0.1) is 0 Å². The van der Waals surface area contributed by atoms with Gasteiger partial charge in [0.25, 0.3) is 0 Å². The molecule has 0 aromatic heterocycles. The Kier molecular flexibility index (Phi) is 8.37. The van der Waals surface area contributed by atoms with E-state index in [0.717, 1.165) is 5.69 Å². The Morgan fingerprint density at radius 2 is 1.89 bits per heavy atom. The van der Waals surface area contributed by atoms with Crippen LogP contribution >= 0.6 is 12.4 Å². The lowest BCUT2D eigenvalue weighted by Gasteiger charge is -2.14. The van der Waals surface area contributed by atoms with Crippen LogP contribution in [0.2, 0.25) is 0 Å². The van der Waals surface area contributed by atoms with E-state index in [9.17, 15) is 9.59 Å². The summed E-state index contributed by atoms with van der Waals surface area (Å²) >= 11 is 0. The second-order valence-electron chi connectivity index (χ2n) is 3.77. The van der Waals surface area contributed by atoms with Crippen molar-refractivity contribution in [2.45, 2.75) is 19.4 Å². The summed E-state index contributed by atoms with van der Waals surface area (Å²) in [6.45, 7) is 1.93. The van der Waals surface area contributed by atoms with Gasteiger partial charge in [-0.15, -0.1) is 12.4 Å². The molecule has 5 nitrogen and oxygen atoms in total. The van der Waals surface area contributed by atoms with Crippen molar-refractivity contribution in [3.8, 4) is 0 Å². The Balaban J connectivity index is 0.00000324. The normalized spacial score (nSPS) is 10.8. The fourth-order valence-electron chi connectivity index (χ4n) is 1.45. The highest BCUT2D eigenvalue weighted by Gasteiger charge is 2.18. The smallest absolute Gasteiger partial charge is 0.328 e. The fraction of sp³-hybridized carbons (Fsp3) is 0.385. The molecule has 0 saturated carbocycles. The molecule has 0 radical (unpaired) electrons. The quantitative estimate of drug-likeness (QED) is 0.779. The zero-order valence-corrected chi connectivity index (χ0v) is 11.8. The van der Waals surface area contributed by atoms with Gasteiger partial charge in [-0.05, 0) is 18.6 Å². The summed E-state index contributed by atoms with van der Waals surface area (Å²) in [6, 6.07) is 8.80. The lowest BCUT2D eigenvalue weighted by molar-refractivity contribution is -0.144. The van der Waals surface area contributed by atoms with Crippen LogP contribution in [0.3, 0.4) is 0 Å². The second-order valence-corrected chi connectivity index (χ2v) is 3.77. The molecule has 1 aromatic rings. The van der Waals surface area contributed by atoms with Crippen molar-refractivity contribution in [2.24, 2.45) is 0 Å². The van der Waals surface area contributed by atoms with E-state index in [2.05, 4.69) is 15.4 Å². The highest BCUT2D eigenvalue weighted by molar-refractivity contribution is 5.86. The SMILES string of the molecule is CCC(NC(=O)CNc1ccccc1)C(=O)OC.Cl. The van der Waals surface area contributed by atoms with Crippen LogP contribution in [0.1, 0.15) is 13.3 Å². The van der Waals surface area contributed by atoms with E-state index >= 15 is 0 Å². The van der Waals surface area contributed by atoms with E-state index in [1.807, 2.05) is 37.3 Å². The summed E-state index contributed by atoms with van der Waals surface area (Å²) in [7, 11) is 1.30. The number of methoxy groups -OCH3 is 1. The van der Waals surface area contributed by atoms with Crippen LogP contribution in [0.5, 0.6) is 0 Å². The first kappa shape index (κ1) is 17.2. The monoisotopic (exact) mass is 286 g/mol. The first-order valence-electron chi connectivity index (χ1n) is 5.83. The van der Waals surface area contributed by atoms with Crippen molar-refractivity contribution in [1.29, 1.82) is 0 Å². The predicted molar refractivity (Wildman–Crippen MR) is 76.4 cm³/mol. The zero-order chi connectivity index (χ0) is 13.4. The molecule has 0 bridgehead atoms. The first-order chi connectivity index (χ1) is 8.67. The summed E-state index contributed by atoms with van der Waals surface area (Å²) in [5.41, 5.74) is 0.860. The van der Waals surface area contributed by atoms with Gasteiger partial charge in [-0.3, -0.25) is 4.79 Å². The minimum absolute atomic E-state index is 0. The van der Waals surface area contributed by atoms with E-state index in [1.54, 1.807) is 0 Å². The third kappa shape index (κ3) is 6.10. The number of hydrogen-bond donors (Lipinski definition) is 2. The minimum atomic E-state index is -0.583. The third-order valence-corrected chi connectivity index (χ3v) is 2.46. The van der Waals surface area contributed by atoms with E-state index in [-0.39, 0.29) is 24.9 Å². The number of amides is 1. The number of hydrogen-bond acceptors (Lipinski definition) is 4. The number of ether oxygens (including phenoxy) is 1. The van der Waals surface area contributed by atoms with E-state index in [4.69, 9.17) is 0 Å². The number of benzene rings is 1. The lowest BCUT2D eigenvalue weighted by atomic mass is 10.2. The van der Waals surface area contributed by atoms with Crippen LogP contribution in [0.4, 0.5) is 5.69 Å². The Bertz CT molecular complexity index is 398. The molecule has 2 N–H and O–H groups in total. The van der Waals surface area contributed by atoms with Crippen molar-refractivity contribution in [2.75, 3.05) is 19.0 Å². The van der Waals surface area contributed by atoms with E-state index in [0.29, 0.717) is 6.42 Å². The summed E-state index contributed by atoms with van der Waals surface area (Å²) < 4.78 is 4.59. The second kappa shape index (κ2) is 9.22. The standard InChI is InChI=1S/C13H18N2O3.ClH/c1-3-11(13(17)18-2)15-12(16)9-14-10-7-5-4-6-8-10;/h4-8,11,14H,3,9H2,1-2H3,(H,15,16);1H. The number of carbonyl (C=O) groups excluding carboxylic acids is 2. The van der Waals surface area contributed by atoms with E-state index < -0.39 is 12.0 Å². The maximum atomic E-state index is 11.6. The van der Waals surface area contributed by atoms with Gasteiger partial charge in [0.2, 0.25) is 5.91 Å². The van der Waals surface area contributed by atoms with Crippen LogP contribution in [-0.4, -0.2) is 31.6 Å². The van der Waals surface area contributed by atoms with Gasteiger partial charge in [0.05, 0.1) is 13.7 Å². The van der Waals surface area contributed by atoms with Crippen molar-refractivity contribution in [3.63, 3.8) is 0 Å². The molecule has 0 fully saturated rings. The molecule has 106 valence electrons. The lowest BCUT2D eigenvalue weighted by Crippen LogP contribution is -2.43. The molecule has 1 aromatic carbocycles. The largest absolute Gasteiger partial charge is 0.467 e. The summed E-state index contributed by atoms with van der Waals surface area (Å²) in [5.74, 6) is -0.665. The Hall–Kier alpha value is -1.75. The number of anilines is 1. The van der Waals surface area contributed by atoms with Crippen molar-refractivity contribution in [3.05, 3.63) is 30.3 Å². The highest BCUT2D eigenvalue weighted by Crippen LogP contribution is 2.03. The first-order valence-corrected chi connectivity index (χ1v) is 5.83. The predicted octanol–water partition coefficient (Wildman–Crippen LogP) is 1.59. The Morgan fingerprint density at radius 3 is 2.42 bits per heavy atom. The maximum absolute atomic E-state index is 11.6. The molecule has 0 saturated heterocycles. The van der Waals surface area contributed by atoms with Gasteiger partial charge in [-0.1, -0.05) is 25.1 Å².